The Morgan fingerprint density at radius 2 is 2.38 bits per heavy atom. The largest absolute Gasteiger partial charge is 0.465 e. The van der Waals surface area contributed by atoms with Crippen LogP contribution in [0.5, 0.6) is 0 Å². The highest BCUT2D eigenvalue weighted by molar-refractivity contribution is 5.76. The van der Waals surface area contributed by atoms with E-state index in [0.29, 0.717) is 12.5 Å². The highest BCUT2D eigenvalue weighted by Gasteiger charge is 2.42. The molecular formula is C10H17NO2. The monoisotopic (exact) mass is 183 g/mol. The van der Waals surface area contributed by atoms with Gasteiger partial charge in [0.25, 0.3) is 0 Å². The number of esters is 1. The molecule has 1 N–H and O–H groups in total. The molecule has 2 rings (SSSR count). The topological polar surface area (TPSA) is 38.3 Å². The first kappa shape index (κ1) is 9.00. The van der Waals surface area contributed by atoms with Gasteiger partial charge in [0.15, 0.2) is 0 Å². The van der Waals surface area contributed by atoms with Crippen molar-refractivity contribution < 1.29 is 9.53 Å². The maximum atomic E-state index is 11.5. The lowest BCUT2D eigenvalue weighted by molar-refractivity contribution is -0.146. The Morgan fingerprint density at radius 3 is 3.15 bits per heavy atom. The fourth-order valence-electron chi connectivity index (χ4n) is 2.68. The normalized spacial score (nSPS) is 37.5. The number of nitrogens with one attached hydrogen (secondary N) is 1. The average molecular weight is 183 g/mol. The third kappa shape index (κ3) is 1.57. The Labute approximate surface area is 78.8 Å². The van der Waals surface area contributed by atoms with Crippen LogP contribution in [-0.4, -0.2) is 25.2 Å². The van der Waals surface area contributed by atoms with Gasteiger partial charge < -0.3 is 10.1 Å². The Balaban J connectivity index is 1.96. The molecule has 74 valence electrons. The van der Waals surface area contributed by atoms with E-state index in [-0.39, 0.29) is 12.0 Å². The lowest BCUT2D eigenvalue weighted by Crippen LogP contribution is -2.37. The lowest BCUT2D eigenvalue weighted by Gasteiger charge is -2.15. The predicted octanol–water partition coefficient (Wildman–Crippen LogP) is 0.938. The highest BCUT2D eigenvalue weighted by Crippen LogP contribution is 2.37. The van der Waals surface area contributed by atoms with Crippen molar-refractivity contribution in [1.29, 1.82) is 0 Å². The molecule has 3 unspecified atom stereocenters. The minimum atomic E-state index is -0.0445. The summed E-state index contributed by atoms with van der Waals surface area (Å²) in [7, 11) is 0. The van der Waals surface area contributed by atoms with E-state index in [9.17, 15) is 4.79 Å². The van der Waals surface area contributed by atoms with Crippen LogP contribution in [0.1, 0.15) is 26.2 Å². The minimum absolute atomic E-state index is 0.00699. The van der Waals surface area contributed by atoms with Gasteiger partial charge in [-0.3, -0.25) is 4.79 Å². The van der Waals surface area contributed by atoms with Gasteiger partial charge in [-0.05, 0) is 38.1 Å². The Hall–Kier alpha value is -0.570. The highest BCUT2D eigenvalue weighted by atomic mass is 16.5. The zero-order chi connectivity index (χ0) is 9.26. The second-order valence-electron chi connectivity index (χ2n) is 3.99. The fourth-order valence-corrected chi connectivity index (χ4v) is 2.68. The van der Waals surface area contributed by atoms with Crippen molar-refractivity contribution in [3.05, 3.63) is 0 Å². The number of ether oxygens (including phenoxy) is 1. The van der Waals surface area contributed by atoms with Gasteiger partial charge in [-0.15, -0.1) is 0 Å². The molecule has 1 aliphatic heterocycles. The molecule has 0 bridgehead atoms. The molecule has 1 saturated heterocycles. The summed E-state index contributed by atoms with van der Waals surface area (Å²) >= 11 is 0. The molecule has 1 saturated carbocycles. The van der Waals surface area contributed by atoms with Crippen molar-refractivity contribution in [2.45, 2.75) is 32.2 Å². The molecule has 3 atom stereocenters. The average Bonchev–Trinajstić information content (AvgIpc) is 2.62. The summed E-state index contributed by atoms with van der Waals surface area (Å²) in [5.41, 5.74) is 0. The van der Waals surface area contributed by atoms with E-state index < -0.39 is 0 Å². The van der Waals surface area contributed by atoms with Gasteiger partial charge in [-0.25, -0.2) is 0 Å². The Kier molecular flexibility index (Phi) is 2.54. The van der Waals surface area contributed by atoms with Crippen molar-refractivity contribution in [2.24, 2.45) is 11.8 Å². The Morgan fingerprint density at radius 1 is 1.54 bits per heavy atom. The van der Waals surface area contributed by atoms with Gasteiger partial charge in [0.05, 0.1) is 6.61 Å². The van der Waals surface area contributed by atoms with Gasteiger partial charge in [-0.1, -0.05) is 6.42 Å². The summed E-state index contributed by atoms with van der Waals surface area (Å²) < 4.78 is 5.03. The zero-order valence-corrected chi connectivity index (χ0v) is 8.08. The molecular weight excluding hydrogens is 166 g/mol. The molecule has 0 radical (unpaired) electrons. The van der Waals surface area contributed by atoms with Crippen molar-refractivity contribution in [1.82, 2.24) is 5.32 Å². The van der Waals surface area contributed by atoms with Crippen LogP contribution in [0.2, 0.25) is 0 Å². The van der Waals surface area contributed by atoms with Crippen LogP contribution in [0.4, 0.5) is 0 Å². The third-order valence-corrected chi connectivity index (χ3v) is 3.29. The van der Waals surface area contributed by atoms with Crippen molar-refractivity contribution in [2.75, 3.05) is 13.2 Å². The SMILES string of the molecule is CCOC(=O)C1NCC2CCCC21. The zero-order valence-electron chi connectivity index (χ0n) is 8.08. The summed E-state index contributed by atoms with van der Waals surface area (Å²) in [6, 6.07) is -0.00699. The molecule has 0 amide bonds. The molecule has 0 spiro atoms. The van der Waals surface area contributed by atoms with E-state index in [2.05, 4.69) is 5.32 Å². The van der Waals surface area contributed by atoms with Gasteiger partial charge in [0.1, 0.15) is 6.04 Å². The number of fused-ring (bicyclic) bond motifs is 1. The minimum Gasteiger partial charge on any atom is -0.465 e. The number of rotatable bonds is 2. The molecule has 2 aliphatic rings. The molecule has 0 aromatic carbocycles. The first-order valence-electron chi connectivity index (χ1n) is 5.23. The molecule has 3 nitrogen and oxygen atoms in total. The van der Waals surface area contributed by atoms with E-state index in [1.54, 1.807) is 0 Å². The second kappa shape index (κ2) is 3.66. The maximum absolute atomic E-state index is 11.5. The van der Waals surface area contributed by atoms with Crippen LogP contribution in [0, 0.1) is 11.8 Å². The second-order valence-corrected chi connectivity index (χ2v) is 3.99. The molecule has 2 fully saturated rings. The number of hydrogen-bond donors (Lipinski definition) is 1. The molecule has 13 heavy (non-hydrogen) atoms. The van der Waals surface area contributed by atoms with Gasteiger partial charge in [-0.2, -0.15) is 0 Å². The van der Waals surface area contributed by atoms with Gasteiger partial charge in [0.2, 0.25) is 0 Å². The molecule has 1 heterocycles. The van der Waals surface area contributed by atoms with Crippen LogP contribution in [0.3, 0.4) is 0 Å². The summed E-state index contributed by atoms with van der Waals surface area (Å²) in [5, 5.41) is 3.27. The van der Waals surface area contributed by atoms with Crippen molar-refractivity contribution in [3.63, 3.8) is 0 Å². The molecule has 0 aromatic rings. The van der Waals surface area contributed by atoms with Crippen LogP contribution in [0.15, 0.2) is 0 Å². The molecule has 3 heteroatoms. The molecule has 1 aliphatic carbocycles. The van der Waals surface area contributed by atoms with Crippen molar-refractivity contribution in [3.8, 4) is 0 Å². The van der Waals surface area contributed by atoms with Crippen LogP contribution < -0.4 is 5.32 Å². The predicted molar refractivity (Wildman–Crippen MR) is 49.3 cm³/mol. The smallest absolute Gasteiger partial charge is 0.323 e. The maximum Gasteiger partial charge on any atom is 0.323 e. The fraction of sp³-hybridized carbons (Fsp3) is 0.900. The van der Waals surface area contributed by atoms with Gasteiger partial charge in [0, 0.05) is 0 Å². The number of carbonyl (C=O) groups is 1. The standard InChI is InChI=1S/C10H17NO2/c1-2-13-10(12)9-8-5-3-4-7(8)6-11-9/h7-9,11H,2-6H2,1H3. The van der Waals surface area contributed by atoms with Crippen LogP contribution in [0.25, 0.3) is 0 Å². The first-order valence-corrected chi connectivity index (χ1v) is 5.23. The summed E-state index contributed by atoms with van der Waals surface area (Å²) in [4.78, 5) is 11.5. The first-order chi connectivity index (χ1) is 6.33. The van der Waals surface area contributed by atoms with Gasteiger partial charge >= 0.3 is 5.97 Å². The summed E-state index contributed by atoms with van der Waals surface area (Å²) in [5.74, 6) is 1.24. The summed E-state index contributed by atoms with van der Waals surface area (Å²) in [6.45, 7) is 3.36. The molecule has 0 aromatic heterocycles. The van der Waals surface area contributed by atoms with Crippen LogP contribution in [-0.2, 0) is 9.53 Å². The summed E-state index contributed by atoms with van der Waals surface area (Å²) in [6.07, 6.45) is 3.77. The van der Waals surface area contributed by atoms with Crippen molar-refractivity contribution >= 4 is 5.97 Å². The van der Waals surface area contributed by atoms with E-state index >= 15 is 0 Å². The lowest BCUT2D eigenvalue weighted by atomic mass is 9.94. The number of carbonyl (C=O) groups excluding carboxylic acids is 1. The van der Waals surface area contributed by atoms with E-state index in [1.165, 1.54) is 19.3 Å². The third-order valence-electron chi connectivity index (χ3n) is 3.29. The number of hydrogen-bond acceptors (Lipinski definition) is 3. The van der Waals surface area contributed by atoms with E-state index in [1.807, 2.05) is 6.92 Å². The Bertz CT molecular complexity index is 205. The quantitative estimate of drug-likeness (QED) is 0.647. The van der Waals surface area contributed by atoms with E-state index in [0.717, 1.165) is 12.5 Å². The van der Waals surface area contributed by atoms with Crippen LogP contribution >= 0.6 is 0 Å². The van der Waals surface area contributed by atoms with E-state index in [4.69, 9.17) is 4.74 Å².